The summed E-state index contributed by atoms with van der Waals surface area (Å²) < 4.78 is 1.81. The number of fused-ring (bicyclic) bond motifs is 1. The lowest BCUT2D eigenvalue weighted by molar-refractivity contribution is -0.115. The van der Waals surface area contributed by atoms with Crippen molar-refractivity contribution in [3.05, 3.63) is 78.1 Å². The number of aromatic nitrogens is 3. The lowest BCUT2D eigenvalue weighted by Crippen LogP contribution is -2.14. The van der Waals surface area contributed by atoms with Gasteiger partial charge >= 0.3 is 0 Å². The maximum Gasteiger partial charge on any atom is 0.228 e. The molecule has 1 N–H and O–H groups in total. The number of rotatable bonds is 4. The smallest absolute Gasteiger partial charge is 0.228 e. The molecule has 2 aromatic carbocycles. The third kappa shape index (κ3) is 4.10. The first-order chi connectivity index (χ1) is 14.3. The first kappa shape index (κ1) is 19.8. The molecule has 5 heteroatoms. The van der Waals surface area contributed by atoms with Gasteiger partial charge in [0.1, 0.15) is 0 Å². The molecule has 152 valence electrons. The van der Waals surface area contributed by atoms with Crippen LogP contribution in [0.3, 0.4) is 0 Å². The zero-order chi connectivity index (χ0) is 21.3. The Morgan fingerprint density at radius 3 is 2.40 bits per heavy atom. The molecule has 0 aliphatic heterocycles. The first-order valence-electron chi connectivity index (χ1n) is 10.1. The quantitative estimate of drug-likeness (QED) is 0.519. The molecule has 0 unspecified atom stereocenters. The van der Waals surface area contributed by atoms with Crippen molar-refractivity contribution in [2.75, 3.05) is 5.32 Å². The number of nitrogens with one attached hydrogen (secondary N) is 1. The van der Waals surface area contributed by atoms with Gasteiger partial charge in [-0.1, -0.05) is 63.2 Å². The fourth-order valence-corrected chi connectivity index (χ4v) is 3.46. The molecule has 0 saturated heterocycles. The molecule has 0 radical (unpaired) electrons. The van der Waals surface area contributed by atoms with Crippen LogP contribution in [-0.4, -0.2) is 20.7 Å². The van der Waals surface area contributed by atoms with E-state index in [4.69, 9.17) is 4.98 Å². The highest BCUT2D eigenvalue weighted by Crippen LogP contribution is 2.32. The number of pyridine rings is 1. The van der Waals surface area contributed by atoms with Crippen molar-refractivity contribution >= 4 is 22.6 Å². The van der Waals surface area contributed by atoms with Gasteiger partial charge < -0.3 is 5.32 Å². The van der Waals surface area contributed by atoms with E-state index in [2.05, 4.69) is 37.3 Å². The molecule has 0 atom stereocenters. The van der Waals surface area contributed by atoms with Crippen LogP contribution in [-0.2, 0) is 23.7 Å². The predicted molar refractivity (Wildman–Crippen MR) is 121 cm³/mol. The average Bonchev–Trinajstić information content (AvgIpc) is 3.09. The largest absolute Gasteiger partial charge is 0.326 e. The zero-order valence-electron chi connectivity index (χ0n) is 17.8. The standard InChI is InChI=1S/C25H26N4O/c1-25(2,3)22-15-20(21-16-26-29(4)24(21)28-22)18-10-12-19(13-11-18)27-23(30)14-17-8-6-5-7-9-17/h5-13,15-16H,14H2,1-4H3,(H,27,30). The van der Waals surface area contributed by atoms with Gasteiger partial charge in [0.2, 0.25) is 5.91 Å². The molecular weight excluding hydrogens is 372 g/mol. The van der Waals surface area contributed by atoms with E-state index in [1.165, 1.54) is 0 Å². The molecule has 4 rings (SSSR count). The minimum Gasteiger partial charge on any atom is -0.326 e. The highest BCUT2D eigenvalue weighted by atomic mass is 16.1. The van der Waals surface area contributed by atoms with Gasteiger partial charge in [-0.15, -0.1) is 0 Å². The molecule has 0 bridgehead atoms. The van der Waals surface area contributed by atoms with Gasteiger partial charge in [0.25, 0.3) is 0 Å². The number of hydrogen-bond donors (Lipinski definition) is 1. The maximum atomic E-state index is 12.3. The monoisotopic (exact) mass is 398 g/mol. The van der Waals surface area contributed by atoms with Crippen LogP contribution in [0.1, 0.15) is 32.0 Å². The molecule has 0 spiro atoms. The molecule has 1 amide bonds. The van der Waals surface area contributed by atoms with Gasteiger partial charge in [-0.25, -0.2) is 4.98 Å². The van der Waals surface area contributed by atoms with Crippen molar-refractivity contribution in [2.24, 2.45) is 7.05 Å². The molecule has 30 heavy (non-hydrogen) atoms. The van der Waals surface area contributed by atoms with Gasteiger partial charge in [-0.3, -0.25) is 9.48 Å². The number of carbonyl (C=O) groups is 1. The van der Waals surface area contributed by atoms with Gasteiger partial charge in [0, 0.05) is 29.2 Å². The van der Waals surface area contributed by atoms with E-state index in [1.807, 2.05) is 72.5 Å². The average molecular weight is 399 g/mol. The van der Waals surface area contributed by atoms with Crippen LogP contribution in [0.15, 0.2) is 66.9 Å². The fraction of sp³-hybridized carbons (Fsp3) is 0.240. The summed E-state index contributed by atoms with van der Waals surface area (Å²) in [6.07, 6.45) is 2.22. The molecule has 4 aromatic rings. The summed E-state index contributed by atoms with van der Waals surface area (Å²) in [4.78, 5) is 17.2. The van der Waals surface area contributed by atoms with Crippen LogP contribution in [0.5, 0.6) is 0 Å². The van der Waals surface area contributed by atoms with Gasteiger partial charge in [-0.05, 0) is 34.9 Å². The van der Waals surface area contributed by atoms with Crippen molar-refractivity contribution in [2.45, 2.75) is 32.6 Å². The van der Waals surface area contributed by atoms with Gasteiger partial charge in [-0.2, -0.15) is 5.10 Å². The predicted octanol–water partition coefficient (Wildman–Crippen LogP) is 5.11. The Balaban J connectivity index is 1.61. The molecule has 0 aliphatic carbocycles. The van der Waals surface area contributed by atoms with Crippen molar-refractivity contribution < 1.29 is 4.79 Å². The molecule has 2 heterocycles. The van der Waals surface area contributed by atoms with Crippen LogP contribution in [0, 0.1) is 0 Å². The van der Waals surface area contributed by atoms with Crippen LogP contribution >= 0.6 is 0 Å². The van der Waals surface area contributed by atoms with E-state index in [-0.39, 0.29) is 11.3 Å². The highest BCUT2D eigenvalue weighted by molar-refractivity contribution is 5.95. The highest BCUT2D eigenvalue weighted by Gasteiger charge is 2.20. The zero-order valence-corrected chi connectivity index (χ0v) is 17.8. The fourth-order valence-electron chi connectivity index (χ4n) is 3.46. The summed E-state index contributed by atoms with van der Waals surface area (Å²) in [6.45, 7) is 6.48. The second kappa shape index (κ2) is 7.75. The molecule has 2 aromatic heterocycles. The van der Waals surface area contributed by atoms with E-state index in [0.29, 0.717) is 6.42 Å². The SMILES string of the molecule is Cn1ncc2c(-c3ccc(NC(=O)Cc4ccccc4)cc3)cc(C(C)(C)C)nc21. The Hall–Kier alpha value is -3.47. The Morgan fingerprint density at radius 1 is 1.03 bits per heavy atom. The summed E-state index contributed by atoms with van der Waals surface area (Å²) in [5.74, 6) is -0.0254. The maximum absolute atomic E-state index is 12.3. The second-order valence-corrected chi connectivity index (χ2v) is 8.60. The minimum absolute atomic E-state index is 0.0254. The van der Waals surface area contributed by atoms with Gasteiger partial charge in [0.05, 0.1) is 12.6 Å². The van der Waals surface area contributed by atoms with E-state index in [1.54, 1.807) is 0 Å². The molecule has 0 fully saturated rings. The van der Waals surface area contributed by atoms with Crippen LogP contribution < -0.4 is 5.32 Å². The Kier molecular flexibility index (Phi) is 5.12. The van der Waals surface area contributed by atoms with E-state index >= 15 is 0 Å². The molecular formula is C25H26N4O. The van der Waals surface area contributed by atoms with Crippen molar-refractivity contribution in [3.8, 4) is 11.1 Å². The number of hydrogen-bond acceptors (Lipinski definition) is 3. The summed E-state index contributed by atoms with van der Waals surface area (Å²) in [7, 11) is 1.91. The third-order valence-electron chi connectivity index (χ3n) is 5.16. The third-order valence-corrected chi connectivity index (χ3v) is 5.16. The van der Waals surface area contributed by atoms with E-state index in [9.17, 15) is 4.79 Å². The molecule has 0 saturated carbocycles. The summed E-state index contributed by atoms with van der Waals surface area (Å²) in [5.41, 5.74) is 5.77. The summed E-state index contributed by atoms with van der Waals surface area (Å²) >= 11 is 0. The lowest BCUT2D eigenvalue weighted by Gasteiger charge is -2.19. The number of nitrogens with zero attached hydrogens (tertiary/aromatic N) is 3. The summed E-state index contributed by atoms with van der Waals surface area (Å²) in [5, 5.41) is 8.40. The van der Waals surface area contributed by atoms with Crippen molar-refractivity contribution in [1.29, 1.82) is 0 Å². The Labute approximate surface area is 176 Å². The van der Waals surface area contributed by atoms with Crippen LogP contribution in [0.2, 0.25) is 0 Å². The van der Waals surface area contributed by atoms with Crippen LogP contribution in [0.25, 0.3) is 22.2 Å². The van der Waals surface area contributed by atoms with Crippen molar-refractivity contribution in [1.82, 2.24) is 14.8 Å². The number of carbonyl (C=O) groups excluding carboxylic acids is 1. The Bertz CT molecular complexity index is 1190. The lowest BCUT2D eigenvalue weighted by atomic mass is 9.89. The molecule has 0 aliphatic rings. The summed E-state index contributed by atoms with van der Waals surface area (Å²) in [6, 6.07) is 19.8. The Morgan fingerprint density at radius 2 is 1.73 bits per heavy atom. The molecule has 5 nitrogen and oxygen atoms in total. The van der Waals surface area contributed by atoms with E-state index in [0.717, 1.165) is 39.1 Å². The topological polar surface area (TPSA) is 59.8 Å². The van der Waals surface area contributed by atoms with E-state index < -0.39 is 0 Å². The first-order valence-corrected chi connectivity index (χ1v) is 10.1. The second-order valence-electron chi connectivity index (χ2n) is 8.60. The van der Waals surface area contributed by atoms with Crippen molar-refractivity contribution in [3.63, 3.8) is 0 Å². The number of anilines is 1. The van der Waals surface area contributed by atoms with Gasteiger partial charge in [0.15, 0.2) is 5.65 Å². The number of benzene rings is 2. The number of amides is 1. The number of aryl methyl sites for hydroxylation is 1. The normalized spacial score (nSPS) is 11.6. The van der Waals surface area contributed by atoms with Crippen LogP contribution in [0.4, 0.5) is 5.69 Å². The minimum atomic E-state index is -0.0709.